The predicted octanol–water partition coefficient (Wildman–Crippen LogP) is 2.38. The first kappa shape index (κ1) is 14.8. The summed E-state index contributed by atoms with van der Waals surface area (Å²) in [6.45, 7) is 9.22. The highest BCUT2D eigenvalue weighted by atomic mass is 35.5. The zero-order chi connectivity index (χ0) is 11.9. The summed E-state index contributed by atoms with van der Waals surface area (Å²) in [7, 11) is 0. The van der Waals surface area contributed by atoms with Gasteiger partial charge in [-0.05, 0) is 38.0 Å². The van der Waals surface area contributed by atoms with Crippen molar-refractivity contribution in [3.05, 3.63) is 0 Å². The molecule has 1 N–H and O–H groups in total. The lowest BCUT2D eigenvalue weighted by atomic mass is 9.56. The number of hydrogen-bond acceptors (Lipinski definition) is 3. The van der Waals surface area contributed by atoms with Gasteiger partial charge in [-0.25, -0.2) is 0 Å². The average Bonchev–Trinajstić information content (AvgIpc) is 2.21. The fourth-order valence-corrected chi connectivity index (χ4v) is 3.43. The number of esters is 1. The van der Waals surface area contributed by atoms with Crippen LogP contribution in [0.2, 0.25) is 0 Å². The van der Waals surface area contributed by atoms with E-state index in [2.05, 4.69) is 26.1 Å². The lowest BCUT2D eigenvalue weighted by Crippen LogP contribution is -2.65. The van der Waals surface area contributed by atoms with Gasteiger partial charge in [-0.1, -0.05) is 13.8 Å². The highest BCUT2D eigenvalue weighted by Crippen LogP contribution is 2.50. The molecule has 0 spiro atoms. The van der Waals surface area contributed by atoms with Gasteiger partial charge in [0.25, 0.3) is 0 Å². The Morgan fingerprint density at radius 2 is 2.12 bits per heavy atom. The summed E-state index contributed by atoms with van der Waals surface area (Å²) in [5, 5.41) is 3.58. The van der Waals surface area contributed by atoms with Crippen LogP contribution in [0.25, 0.3) is 0 Å². The fourth-order valence-electron chi connectivity index (χ4n) is 3.43. The molecule has 0 amide bonds. The Morgan fingerprint density at radius 3 is 2.65 bits per heavy atom. The number of fused-ring (bicyclic) bond motifs is 3. The maximum absolute atomic E-state index is 11.9. The van der Waals surface area contributed by atoms with E-state index in [-0.39, 0.29) is 29.7 Å². The molecule has 3 aliphatic rings. The third kappa shape index (κ3) is 2.32. The SMILES string of the molecule is CCOC(=O)C1CC2(C)C(C)CC1NC2C.Cl. The van der Waals surface area contributed by atoms with Crippen molar-refractivity contribution in [3.8, 4) is 0 Å². The van der Waals surface area contributed by atoms with E-state index in [0.29, 0.717) is 24.6 Å². The van der Waals surface area contributed by atoms with E-state index in [0.717, 1.165) is 12.8 Å². The van der Waals surface area contributed by atoms with Gasteiger partial charge >= 0.3 is 5.97 Å². The van der Waals surface area contributed by atoms with Crippen LogP contribution in [0.1, 0.15) is 40.5 Å². The van der Waals surface area contributed by atoms with Crippen LogP contribution in [0.15, 0.2) is 0 Å². The molecule has 5 unspecified atom stereocenters. The first-order chi connectivity index (χ1) is 7.49. The number of piperidine rings is 2. The molecule has 2 aliphatic heterocycles. The molecule has 5 atom stereocenters. The minimum Gasteiger partial charge on any atom is -0.466 e. The normalized spacial score (nSPS) is 44.0. The van der Waals surface area contributed by atoms with Crippen molar-refractivity contribution in [3.63, 3.8) is 0 Å². The van der Waals surface area contributed by atoms with Crippen LogP contribution >= 0.6 is 12.4 Å². The number of ether oxygens (including phenoxy) is 1. The number of carbonyl (C=O) groups excluding carboxylic acids is 1. The first-order valence-electron chi connectivity index (χ1n) is 6.41. The van der Waals surface area contributed by atoms with E-state index in [9.17, 15) is 4.79 Å². The van der Waals surface area contributed by atoms with E-state index in [1.807, 2.05) is 6.92 Å². The van der Waals surface area contributed by atoms with Crippen LogP contribution in [0, 0.1) is 17.3 Å². The molecular weight excluding hydrogens is 238 g/mol. The van der Waals surface area contributed by atoms with E-state index >= 15 is 0 Å². The molecule has 2 saturated heterocycles. The van der Waals surface area contributed by atoms with E-state index < -0.39 is 0 Å². The summed E-state index contributed by atoms with van der Waals surface area (Å²) in [4.78, 5) is 11.9. The van der Waals surface area contributed by atoms with Crippen molar-refractivity contribution in [2.75, 3.05) is 6.61 Å². The first-order valence-corrected chi connectivity index (χ1v) is 6.41. The molecule has 1 saturated carbocycles. The van der Waals surface area contributed by atoms with Crippen molar-refractivity contribution < 1.29 is 9.53 Å². The maximum Gasteiger partial charge on any atom is 0.310 e. The summed E-state index contributed by atoms with van der Waals surface area (Å²) < 4.78 is 5.17. The van der Waals surface area contributed by atoms with Gasteiger partial charge in [-0.15, -0.1) is 12.4 Å². The molecule has 3 fully saturated rings. The number of carbonyl (C=O) groups is 1. The van der Waals surface area contributed by atoms with Gasteiger partial charge in [-0.2, -0.15) is 0 Å². The molecule has 1 aliphatic carbocycles. The number of hydrogen-bond donors (Lipinski definition) is 1. The number of rotatable bonds is 2. The Kier molecular flexibility index (Phi) is 4.48. The van der Waals surface area contributed by atoms with Crippen molar-refractivity contribution in [2.24, 2.45) is 17.3 Å². The molecule has 2 bridgehead atoms. The smallest absolute Gasteiger partial charge is 0.310 e. The summed E-state index contributed by atoms with van der Waals surface area (Å²) in [6, 6.07) is 0.831. The van der Waals surface area contributed by atoms with E-state index in [1.54, 1.807) is 0 Å². The lowest BCUT2D eigenvalue weighted by Gasteiger charge is -2.56. The fraction of sp³-hybridized carbons (Fsp3) is 0.923. The van der Waals surface area contributed by atoms with Gasteiger partial charge in [0.1, 0.15) is 0 Å². The van der Waals surface area contributed by atoms with E-state index in [4.69, 9.17) is 4.74 Å². The number of halogens is 1. The third-order valence-corrected chi connectivity index (χ3v) is 4.92. The summed E-state index contributed by atoms with van der Waals surface area (Å²) >= 11 is 0. The van der Waals surface area contributed by atoms with Crippen molar-refractivity contribution in [1.82, 2.24) is 5.32 Å². The highest BCUT2D eigenvalue weighted by molar-refractivity contribution is 5.85. The standard InChI is InChI=1S/C13H23NO2.ClH/c1-5-16-12(15)10-7-13(4)8(2)6-11(10)14-9(13)3;/h8-11,14H,5-7H2,1-4H3;1H. The largest absolute Gasteiger partial charge is 0.466 e. The maximum atomic E-state index is 11.9. The minimum absolute atomic E-state index is 0. The summed E-state index contributed by atoms with van der Waals surface area (Å²) in [6.07, 6.45) is 2.08. The monoisotopic (exact) mass is 261 g/mol. The Balaban J connectivity index is 0.00000144. The van der Waals surface area contributed by atoms with Crippen LogP contribution in [-0.2, 0) is 9.53 Å². The highest BCUT2D eigenvalue weighted by Gasteiger charge is 2.53. The molecule has 0 aromatic carbocycles. The molecule has 0 aromatic heterocycles. The molecule has 0 radical (unpaired) electrons. The second-order valence-electron chi connectivity index (χ2n) is 5.70. The zero-order valence-corrected chi connectivity index (χ0v) is 12.0. The minimum atomic E-state index is -0.00924. The Morgan fingerprint density at radius 1 is 1.47 bits per heavy atom. The number of nitrogens with one attached hydrogen (secondary N) is 1. The summed E-state index contributed by atoms with van der Waals surface area (Å²) in [5.41, 5.74) is 0.242. The molecule has 3 nitrogen and oxygen atoms in total. The third-order valence-electron chi connectivity index (χ3n) is 4.92. The second kappa shape index (κ2) is 5.15. The van der Waals surface area contributed by atoms with Crippen LogP contribution in [0.5, 0.6) is 0 Å². The van der Waals surface area contributed by atoms with Crippen LogP contribution in [-0.4, -0.2) is 24.7 Å². The van der Waals surface area contributed by atoms with Crippen molar-refractivity contribution >= 4 is 18.4 Å². The zero-order valence-electron chi connectivity index (χ0n) is 11.2. The lowest BCUT2D eigenvalue weighted by molar-refractivity contribution is -0.157. The molecular formula is C13H24ClNO2. The Bertz CT molecular complexity index is 283. The Hall–Kier alpha value is -0.280. The predicted molar refractivity (Wildman–Crippen MR) is 70.3 cm³/mol. The molecule has 2 heterocycles. The second-order valence-corrected chi connectivity index (χ2v) is 5.70. The van der Waals surface area contributed by atoms with Gasteiger partial charge < -0.3 is 10.1 Å². The molecule has 0 aromatic rings. The molecule has 100 valence electrons. The van der Waals surface area contributed by atoms with Crippen molar-refractivity contribution in [2.45, 2.75) is 52.6 Å². The van der Waals surface area contributed by atoms with E-state index in [1.165, 1.54) is 0 Å². The van der Waals surface area contributed by atoms with Gasteiger partial charge in [-0.3, -0.25) is 4.79 Å². The average molecular weight is 262 g/mol. The van der Waals surface area contributed by atoms with Crippen LogP contribution in [0.3, 0.4) is 0 Å². The van der Waals surface area contributed by atoms with Crippen molar-refractivity contribution in [1.29, 1.82) is 0 Å². The van der Waals surface area contributed by atoms with Crippen LogP contribution < -0.4 is 5.32 Å². The van der Waals surface area contributed by atoms with Gasteiger partial charge in [0, 0.05) is 12.1 Å². The topological polar surface area (TPSA) is 38.3 Å². The van der Waals surface area contributed by atoms with Gasteiger partial charge in [0.15, 0.2) is 0 Å². The Labute approximate surface area is 110 Å². The molecule has 3 rings (SSSR count). The van der Waals surface area contributed by atoms with Gasteiger partial charge in [0.2, 0.25) is 0 Å². The molecule has 17 heavy (non-hydrogen) atoms. The quantitative estimate of drug-likeness (QED) is 0.776. The molecule has 4 heteroatoms. The van der Waals surface area contributed by atoms with Gasteiger partial charge in [0.05, 0.1) is 12.5 Å². The van der Waals surface area contributed by atoms with Crippen LogP contribution in [0.4, 0.5) is 0 Å². The summed E-state index contributed by atoms with van der Waals surface area (Å²) in [5.74, 6) is 0.752.